The molecule has 0 amide bonds. The van der Waals surface area contributed by atoms with Crippen molar-refractivity contribution in [2.75, 3.05) is 32.1 Å². The lowest BCUT2D eigenvalue weighted by Gasteiger charge is -2.17. The van der Waals surface area contributed by atoms with Crippen molar-refractivity contribution >= 4 is 11.0 Å². The number of nitrogens with zero attached hydrogens (tertiary/aromatic N) is 1. The number of rotatable bonds is 9. The number of aryl methyl sites for hydroxylation is 2. The zero-order valence-corrected chi connectivity index (χ0v) is 22.2. The summed E-state index contributed by atoms with van der Waals surface area (Å²) in [6, 6.07) is 18.9. The van der Waals surface area contributed by atoms with Crippen molar-refractivity contribution in [1.29, 1.82) is 0 Å². The van der Waals surface area contributed by atoms with Gasteiger partial charge in [-0.25, -0.2) is 8.51 Å². The standard InChI is InChI=1S/C30H35NO4S/c1-4-24-20-35-29-18-26(9-10-28(24)29)34-19-23-7-5-8-25(17-23)30-21(2)15-27(16-22(30)3)33-13-12-31-11-6-14-36(31)32/h5,7-10,15-18,24H,4,6,11-14,19-20H2,1-3H3. The monoisotopic (exact) mass is 505 g/mol. The lowest BCUT2D eigenvalue weighted by atomic mass is 9.94. The molecular weight excluding hydrogens is 470 g/mol. The van der Waals surface area contributed by atoms with Crippen LogP contribution in [0.5, 0.6) is 17.2 Å². The van der Waals surface area contributed by atoms with Crippen LogP contribution in [0.2, 0.25) is 0 Å². The smallest absolute Gasteiger partial charge is 0.126 e. The van der Waals surface area contributed by atoms with Crippen LogP contribution in [-0.2, 0) is 17.6 Å². The molecular formula is C30H35NO4S. The molecule has 2 aliphatic rings. The molecule has 3 aromatic carbocycles. The second-order valence-electron chi connectivity index (χ2n) is 9.69. The molecule has 0 N–H and O–H groups in total. The zero-order chi connectivity index (χ0) is 25.1. The molecule has 0 aromatic heterocycles. The highest BCUT2D eigenvalue weighted by Crippen LogP contribution is 2.38. The molecule has 2 aliphatic heterocycles. The molecule has 36 heavy (non-hydrogen) atoms. The van der Waals surface area contributed by atoms with Crippen molar-refractivity contribution in [3.63, 3.8) is 0 Å². The van der Waals surface area contributed by atoms with Crippen LogP contribution in [0.1, 0.15) is 47.9 Å². The third-order valence-electron chi connectivity index (χ3n) is 7.11. The Morgan fingerprint density at radius 2 is 1.86 bits per heavy atom. The van der Waals surface area contributed by atoms with Gasteiger partial charge in [0, 0.05) is 36.4 Å². The van der Waals surface area contributed by atoms with Crippen molar-refractivity contribution in [2.24, 2.45) is 0 Å². The fourth-order valence-corrected chi connectivity index (χ4v) is 6.45. The SMILES string of the molecule is CCC1COc2cc(OCc3cccc(-c4c(C)cc(OCCN5CCCS5=O)cc4C)c3)ccc21. The van der Waals surface area contributed by atoms with Crippen molar-refractivity contribution < 1.29 is 18.4 Å². The molecule has 2 atom stereocenters. The van der Waals surface area contributed by atoms with E-state index in [0.717, 1.165) is 54.6 Å². The van der Waals surface area contributed by atoms with E-state index in [4.69, 9.17) is 14.2 Å². The van der Waals surface area contributed by atoms with Gasteiger partial charge in [0.1, 0.15) is 30.5 Å². The van der Waals surface area contributed by atoms with E-state index in [-0.39, 0.29) is 0 Å². The van der Waals surface area contributed by atoms with Gasteiger partial charge in [-0.15, -0.1) is 0 Å². The molecule has 0 aliphatic carbocycles. The quantitative estimate of drug-likeness (QED) is 0.348. The Bertz CT molecular complexity index is 1230. The number of hydrogen-bond donors (Lipinski definition) is 0. The normalized spacial score (nSPS) is 19.2. The lowest BCUT2D eigenvalue weighted by Crippen LogP contribution is -2.26. The fraction of sp³-hybridized carbons (Fsp3) is 0.400. The molecule has 1 fully saturated rings. The van der Waals surface area contributed by atoms with Gasteiger partial charge in [0.15, 0.2) is 0 Å². The van der Waals surface area contributed by atoms with E-state index in [1.165, 1.54) is 27.8 Å². The van der Waals surface area contributed by atoms with Gasteiger partial charge < -0.3 is 14.2 Å². The zero-order valence-electron chi connectivity index (χ0n) is 21.4. The van der Waals surface area contributed by atoms with Gasteiger partial charge in [-0.2, -0.15) is 0 Å². The molecule has 6 heteroatoms. The summed E-state index contributed by atoms with van der Waals surface area (Å²) in [5, 5.41) is 0. The van der Waals surface area contributed by atoms with Crippen molar-refractivity contribution in [1.82, 2.24) is 4.31 Å². The summed E-state index contributed by atoms with van der Waals surface area (Å²) < 4.78 is 31.9. The Morgan fingerprint density at radius 1 is 1.03 bits per heavy atom. The number of fused-ring (bicyclic) bond motifs is 1. The number of benzene rings is 3. The average molecular weight is 506 g/mol. The van der Waals surface area contributed by atoms with Gasteiger partial charge in [0.2, 0.25) is 0 Å². The molecule has 2 heterocycles. The van der Waals surface area contributed by atoms with Crippen LogP contribution in [0.25, 0.3) is 11.1 Å². The van der Waals surface area contributed by atoms with Crippen LogP contribution in [0.4, 0.5) is 0 Å². The molecule has 5 rings (SSSR count). The van der Waals surface area contributed by atoms with Crippen molar-refractivity contribution in [2.45, 2.75) is 46.1 Å². The van der Waals surface area contributed by atoms with Gasteiger partial charge in [-0.05, 0) is 78.8 Å². The predicted molar refractivity (Wildman–Crippen MR) is 145 cm³/mol. The third-order valence-corrected chi connectivity index (χ3v) is 8.69. The Morgan fingerprint density at radius 3 is 2.61 bits per heavy atom. The first-order valence-corrected chi connectivity index (χ1v) is 14.2. The summed E-state index contributed by atoms with van der Waals surface area (Å²) in [5.41, 5.74) is 7.16. The van der Waals surface area contributed by atoms with E-state index < -0.39 is 11.0 Å². The van der Waals surface area contributed by atoms with Crippen LogP contribution >= 0.6 is 0 Å². The largest absolute Gasteiger partial charge is 0.493 e. The van der Waals surface area contributed by atoms with E-state index in [2.05, 4.69) is 69.3 Å². The first-order chi connectivity index (χ1) is 17.5. The summed E-state index contributed by atoms with van der Waals surface area (Å²) in [6.45, 7) is 9.86. The highest BCUT2D eigenvalue weighted by atomic mass is 32.2. The van der Waals surface area contributed by atoms with Crippen molar-refractivity contribution in [3.8, 4) is 28.4 Å². The van der Waals surface area contributed by atoms with Crippen LogP contribution < -0.4 is 14.2 Å². The van der Waals surface area contributed by atoms with Gasteiger partial charge in [-0.3, -0.25) is 0 Å². The number of ether oxygens (including phenoxy) is 3. The average Bonchev–Trinajstić information content (AvgIpc) is 3.48. The van der Waals surface area contributed by atoms with Gasteiger partial charge in [0.05, 0.1) is 17.6 Å². The molecule has 2 unspecified atom stereocenters. The van der Waals surface area contributed by atoms with E-state index in [1.54, 1.807) is 0 Å². The second kappa shape index (κ2) is 11.1. The van der Waals surface area contributed by atoms with E-state index >= 15 is 0 Å². The molecule has 3 aromatic rings. The lowest BCUT2D eigenvalue weighted by molar-refractivity contribution is 0.282. The minimum atomic E-state index is -0.838. The van der Waals surface area contributed by atoms with Gasteiger partial charge in [0.25, 0.3) is 0 Å². The molecule has 1 saturated heterocycles. The minimum absolute atomic E-state index is 0.490. The highest BCUT2D eigenvalue weighted by molar-refractivity contribution is 7.82. The van der Waals surface area contributed by atoms with E-state index in [9.17, 15) is 4.21 Å². The molecule has 5 nitrogen and oxygen atoms in total. The maximum Gasteiger partial charge on any atom is 0.126 e. The topological polar surface area (TPSA) is 48.0 Å². The Hall–Kier alpha value is -2.83. The summed E-state index contributed by atoms with van der Waals surface area (Å²) in [7, 11) is -0.838. The Labute approximate surface area is 217 Å². The first kappa shape index (κ1) is 24.8. The Kier molecular flexibility index (Phi) is 7.63. The second-order valence-corrected chi connectivity index (χ2v) is 11.3. The van der Waals surface area contributed by atoms with Crippen LogP contribution in [0, 0.1) is 13.8 Å². The van der Waals surface area contributed by atoms with Crippen molar-refractivity contribution in [3.05, 3.63) is 76.9 Å². The molecule has 0 radical (unpaired) electrons. The summed E-state index contributed by atoms with van der Waals surface area (Å²) in [5.74, 6) is 3.92. The summed E-state index contributed by atoms with van der Waals surface area (Å²) in [4.78, 5) is 0. The maximum atomic E-state index is 11.9. The number of hydrogen-bond acceptors (Lipinski definition) is 4. The predicted octanol–water partition coefficient (Wildman–Crippen LogP) is 6.18. The first-order valence-electron chi connectivity index (χ1n) is 12.9. The molecule has 0 bridgehead atoms. The van der Waals surface area contributed by atoms with Gasteiger partial charge in [-0.1, -0.05) is 31.2 Å². The molecule has 0 spiro atoms. The summed E-state index contributed by atoms with van der Waals surface area (Å²) in [6.07, 6.45) is 2.09. The van der Waals surface area contributed by atoms with Crippen LogP contribution in [0.3, 0.4) is 0 Å². The molecule has 190 valence electrons. The Balaban J connectivity index is 1.24. The van der Waals surface area contributed by atoms with E-state index in [0.29, 0.717) is 25.7 Å². The van der Waals surface area contributed by atoms with E-state index in [1.807, 2.05) is 10.4 Å². The minimum Gasteiger partial charge on any atom is -0.493 e. The van der Waals surface area contributed by atoms with Crippen LogP contribution in [-0.4, -0.2) is 40.6 Å². The summed E-state index contributed by atoms with van der Waals surface area (Å²) >= 11 is 0. The highest BCUT2D eigenvalue weighted by Gasteiger charge is 2.23. The maximum absolute atomic E-state index is 11.9. The fourth-order valence-electron chi connectivity index (χ4n) is 5.20. The third kappa shape index (κ3) is 5.45. The van der Waals surface area contributed by atoms with Gasteiger partial charge >= 0.3 is 0 Å². The molecule has 0 saturated carbocycles. The van der Waals surface area contributed by atoms with Crippen LogP contribution in [0.15, 0.2) is 54.6 Å².